The molecular weight excluding hydrogens is 260 g/mol. The summed E-state index contributed by atoms with van der Waals surface area (Å²) in [7, 11) is 0. The van der Waals surface area contributed by atoms with Gasteiger partial charge in [-0.1, -0.05) is 103 Å². The topological polar surface area (TPSA) is 37.3 Å². The van der Waals surface area contributed by atoms with Crippen LogP contribution in [-0.2, 0) is 4.79 Å². The van der Waals surface area contributed by atoms with Crippen molar-refractivity contribution in [2.45, 2.75) is 116 Å². The fraction of sp³-hybridized carbons (Fsp3) is 0.947. The molecule has 0 bridgehead atoms. The number of hydrogen-bond acceptors (Lipinski definition) is 1. The molecule has 0 aromatic carbocycles. The van der Waals surface area contributed by atoms with Gasteiger partial charge in [-0.15, -0.1) is 0 Å². The molecule has 0 rings (SSSR count). The summed E-state index contributed by atoms with van der Waals surface area (Å²) in [5.74, 6) is -0.675. The monoisotopic (exact) mass is 301 g/mol. The van der Waals surface area contributed by atoms with E-state index in [2.05, 4.69) is 0 Å². The highest BCUT2D eigenvalue weighted by Crippen LogP contribution is 2.13. The van der Waals surface area contributed by atoms with E-state index in [9.17, 15) is 4.79 Å². The number of hydrogen-bond donors (Lipinski definition) is 1. The molecule has 0 unspecified atom stereocenters. The smallest absolute Gasteiger partial charge is 0.303 e. The van der Waals surface area contributed by atoms with Crippen molar-refractivity contribution in [1.29, 1.82) is 0 Å². The van der Waals surface area contributed by atoms with Crippen molar-refractivity contribution in [3.05, 3.63) is 0 Å². The van der Waals surface area contributed by atoms with Crippen molar-refractivity contribution in [1.82, 2.24) is 0 Å². The second kappa shape index (κ2) is 17.5. The second-order valence-corrected chi connectivity index (χ2v) is 6.20. The minimum Gasteiger partial charge on any atom is -0.481 e. The van der Waals surface area contributed by atoms with Crippen molar-refractivity contribution in [2.24, 2.45) is 0 Å². The van der Waals surface area contributed by atoms with Gasteiger partial charge in [-0.2, -0.15) is 0 Å². The Labute approximate surface area is 136 Å². The lowest BCUT2D eigenvalue weighted by Gasteiger charge is -2.03. The fourth-order valence-corrected chi connectivity index (χ4v) is 2.70. The van der Waals surface area contributed by atoms with Crippen LogP contribution in [0, 0.1) is 0 Å². The summed E-state index contributed by atoms with van der Waals surface area (Å²) in [6, 6.07) is 0. The van der Waals surface area contributed by atoms with E-state index in [0.717, 1.165) is 25.7 Å². The molecule has 0 radical (unpaired) electrons. The third kappa shape index (κ3) is 19.5. The molecule has 2 nitrogen and oxygen atoms in total. The maximum Gasteiger partial charge on any atom is 0.303 e. The molecule has 0 saturated heterocycles. The average molecular weight is 302 g/mol. The molecule has 0 aliphatic carbocycles. The summed E-state index contributed by atoms with van der Waals surface area (Å²) in [6.45, 7) is -1.74. The van der Waals surface area contributed by atoms with Gasteiger partial charge < -0.3 is 5.11 Å². The van der Waals surface area contributed by atoms with Crippen molar-refractivity contribution in [3.8, 4) is 0 Å². The first-order valence-electron chi connectivity index (χ1n) is 10.6. The van der Waals surface area contributed by atoms with Gasteiger partial charge in [0, 0.05) is 10.5 Å². The van der Waals surface area contributed by atoms with Crippen LogP contribution in [0.5, 0.6) is 0 Å². The summed E-state index contributed by atoms with van der Waals surface area (Å²) < 4.78 is 21.4. The number of carboxylic acids is 1. The Morgan fingerprint density at radius 1 is 0.667 bits per heavy atom. The van der Waals surface area contributed by atoms with Gasteiger partial charge in [-0.25, -0.2) is 0 Å². The second-order valence-electron chi connectivity index (χ2n) is 6.20. The molecule has 0 amide bonds. The molecule has 21 heavy (non-hydrogen) atoms. The predicted octanol–water partition coefficient (Wildman–Crippen LogP) is 6.72. The zero-order chi connectivity index (χ0) is 18.1. The lowest BCUT2D eigenvalue weighted by molar-refractivity contribution is -0.137. The predicted molar refractivity (Wildman–Crippen MR) is 91.8 cm³/mol. The van der Waals surface area contributed by atoms with E-state index in [1.807, 2.05) is 0 Å². The highest BCUT2D eigenvalue weighted by atomic mass is 16.4. The van der Waals surface area contributed by atoms with Crippen LogP contribution < -0.4 is 0 Å². The summed E-state index contributed by atoms with van der Waals surface area (Å²) in [5.41, 5.74) is 0. The molecule has 2 heteroatoms. The van der Waals surface area contributed by atoms with E-state index in [1.165, 1.54) is 70.6 Å². The van der Waals surface area contributed by atoms with E-state index in [1.54, 1.807) is 0 Å². The van der Waals surface area contributed by atoms with Gasteiger partial charge in [0.2, 0.25) is 0 Å². The third-order valence-electron chi connectivity index (χ3n) is 4.07. The number of rotatable bonds is 17. The molecule has 0 fully saturated rings. The van der Waals surface area contributed by atoms with Crippen molar-refractivity contribution in [2.75, 3.05) is 0 Å². The Morgan fingerprint density at radius 2 is 1.00 bits per heavy atom. The van der Waals surface area contributed by atoms with E-state index in [-0.39, 0.29) is 0 Å². The molecule has 0 saturated carbocycles. The van der Waals surface area contributed by atoms with Crippen LogP contribution in [0.1, 0.15) is 120 Å². The first kappa shape index (κ1) is 15.4. The minimum absolute atomic E-state index is 0.319. The molecule has 0 heterocycles. The zero-order valence-electron chi connectivity index (χ0n) is 16.9. The Balaban J connectivity index is 3.04. The van der Waals surface area contributed by atoms with E-state index >= 15 is 0 Å². The van der Waals surface area contributed by atoms with E-state index in [4.69, 9.17) is 9.22 Å². The number of aliphatic carboxylic acids is 1. The lowest BCUT2D eigenvalue weighted by Crippen LogP contribution is -1.93. The van der Waals surface area contributed by atoms with Gasteiger partial charge in [-0.3, -0.25) is 4.79 Å². The molecule has 0 aromatic rings. The van der Waals surface area contributed by atoms with E-state index < -0.39 is 12.8 Å². The van der Waals surface area contributed by atoms with Gasteiger partial charge in [-0.05, 0) is 6.42 Å². The Hall–Kier alpha value is -0.530. The first-order valence-corrected chi connectivity index (χ1v) is 9.13. The fourth-order valence-electron chi connectivity index (χ4n) is 2.70. The van der Waals surface area contributed by atoms with Crippen LogP contribution in [0.2, 0.25) is 0 Å². The van der Waals surface area contributed by atoms with Crippen LogP contribution in [0.3, 0.4) is 0 Å². The molecule has 1 N–H and O–H groups in total. The molecule has 126 valence electrons. The molecular formula is C19H38O2. The summed E-state index contributed by atoms with van der Waals surface area (Å²) in [4.78, 5) is 10.4. The maximum atomic E-state index is 10.4. The number of carbonyl (C=O) groups is 1. The third-order valence-corrected chi connectivity index (χ3v) is 4.07. The average Bonchev–Trinajstić information content (AvgIpc) is 2.49. The highest BCUT2D eigenvalue weighted by Gasteiger charge is 1.97. The molecule has 0 aliphatic rings. The van der Waals surface area contributed by atoms with Crippen LogP contribution in [0.15, 0.2) is 0 Å². The Kier molecular flexibility index (Phi) is 12.8. The molecule has 0 aromatic heterocycles. The van der Waals surface area contributed by atoms with Crippen LogP contribution in [0.4, 0.5) is 0 Å². The summed E-state index contributed by atoms with van der Waals surface area (Å²) in [6.07, 6.45) is 18.5. The van der Waals surface area contributed by atoms with Gasteiger partial charge in [0.05, 0.1) is 0 Å². The van der Waals surface area contributed by atoms with Crippen molar-refractivity contribution < 1.29 is 14.0 Å². The lowest BCUT2D eigenvalue weighted by atomic mass is 10.0. The SMILES string of the molecule is [2H]C([2H])([2H])CCCCCCCCCCCCCCCCCC(=O)O. The number of carboxylic acid groups (broad SMARTS) is 1. The Morgan fingerprint density at radius 3 is 1.33 bits per heavy atom. The standard InChI is InChI=1S/C19H38O2/c1-2-3-4-5-6-7-8-9-10-11-12-13-14-15-16-17-18-19(20)21/h2-18H2,1H3,(H,20,21)/i1D3. The van der Waals surface area contributed by atoms with Crippen LogP contribution in [-0.4, -0.2) is 11.1 Å². The molecule has 0 atom stereocenters. The molecule has 0 aliphatic heterocycles. The van der Waals surface area contributed by atoms with Gasteiger partial charge >= 0.3 is 5.97 Å². The first-order chi connectivity index (χ1) is 11.4. The van der Waals surface area contributed by atoms with Gasteiger partial charge in [0.15, 0.2) is 0 Å². The van der Waals surface area contributed by atoms with E-state index in [0.29, 0.717) is 12.8 Å². The number of unbranched alkanes of at least 4 members (excludes halogenated alkanes) is 14. The largest absolute Gasteiger partial charge is 0.481 e. The summed E-state index contributed by atoms with van der Waals surface area (Å²) >= 11 is 0. The normalized spacial score (nSPS) is 13.6. The van der Waals surface area contributed by atoms with Crippen LogP contribution >= 0.6 is 0 Å². The van der Waals surface area contributed by atoms with Crippen molar-refractivity contribution in [3.63, 3.8) is 0 Å². The van der Waals surface area contributed by atoms with Gasteiger partial charge in [0.25, 0.3) is 0 Å². The zero-order valence-corrected chi connectivity index (χ0v) is 13.9. The van der Waals surface area contributed by atoms with Gasteiger partial charge in [0.1, 0.15) is 0 Å². The van der Waals surface area contributed by atoms with Crippen LogP contribution in [0.25, 0.3) is 0 Å². The highest BCUT2D eigenvalue weighted by molar-refractivity contribution is 5.66. The quantitative estimate of drug-likeness (QED) is 0.303. The molecule has 0 spiro atoms. The summed E-state index contributed by atoms with van der Waals surface area (Å²) in [5, 5.41) is 8.54. The maximum absolute atomic E-state index is 10.4. The minimum atomic E-state index is -1.74. The Bertz CT molecular complexity index is 291. The van der Waals surface area contributed by atoms with Crippen molar-refractivity contribution >= 4 is 5.97 Å².